The monoisotopic (exact) mass is 239 g/mol. The van der Waals surface area contributed by atoms with Crippen LogP contribution in [0.25, 0.3) is 0 Å². The largest absolute Gasteiger partial charge is 1.00 e. The molecule has 5 heteroatoms. The molecule has 0 aliphatic rings. The van der Waals surface area contributed by atoms with Crippen molar-refractivity contribution >= 4 is 40.8 Å². The molecule has 0 aromatic heterocycles. The van der Waals surface area contributed by atoms with Crippen LogP contribution < -0.4 is 34.9 Å². The second kappa shape index (κ2) is 6.98. The standard InChI is InChI=1S/C8H8ClNS2.Na/c9-7-3-1-6(2-4-7)5-10-8(11)12;/h1-4H,5H2,(H2,10,11,12);/q;+1/p-1. The van der Waals surface area contributed by atoms with Crippen LogP contribution in [0.2, 0.25) is 5.02 Å². The Hall–Kier alpha value is 0.620. The van der Waals surface area contributed by atoms with Crippen molar-refractivity contribution in [2.24, 2.45) is 0 Å². The number of halogens is 1. The minimum Gasteiger partial charge on any atom is -0.412 e. The van der Waals surface area contributed by atoms with Gasteiger partial charge in [0.1, 0.15) is 0 Å². The van der Waals surface area contributed by atoms with Crippen molar-refractivity contribution in [1.29, 1.82) is 0 Å². The molecule has 0 bridgehead atoms. The van der Waals surface area contributed by atoms with Gasteiger partial charge in [0.15, 0.2) is 0 Å². The van der Waals surface area contributed by atoms with E-state index in [1.165, 1.54) is 0 Å². The third-order valence-corrected chi connectivity index (χ3v) is 1.89. The predicted octanol–water partition coefficient (Wildman–Crippen LogP) is -0.735. The molecule has 0 amide bonds. The first-order valence-corrected chi connectivity index (χ1v) is 4.57. The number of rotatable bonds is 2. The van der Waals surface area contributed by atoms with Crippen LogP contribution in [0, 0.1) is 0 Å². The van der Waals surface area contributed by atoms with Gasteiger partial charge in [0.25, 0.3) is 0 Å². The molecule has 0 aliphatic carbocycles. The third kappa shape index (κ3) is 5.83. The van der Waals surface area contributed by atoms with Gasteiger partial charge < -0.3 is 30.2 Å². The van der Waals surface area contributed by atoms with Crippen molar-refractivity contribution < 1.29 is 29.6 Å². The second-order valence-corrected chi connectivity index (χ2v) is 3.78. The Morgan fingerprint density at radius 2 is 1.92 bits per heavy atom. The van der Waals surface area contributed by atoms with Gasteiger partial charge in [-0.05, 0) is 17.7 Å². The summed E-state index contributed by atoms with van der Waals surface area (Å²) in [5.41, 5.74) is 1.12. The summed E-state index contributed by atoms with van der Waals surface area (Å²) in [6.07, 6.45) is 0. The van der Waals surface area contributed by atoms with Crippen molar-refractivity contribution in [3.8, 4) is 0 Å². The first-order valence-electron chi connectivity index (χ1n) is 3.38. The molecule has 64 valence electrons. The Bertz CT molecular complexity index is 276. The number of nitrogens with one attached hydrogen (secondary N) is 1. The van der Waals surface area contributed by atoms with E-state index in [-0.39, 0.29) is 29.6 Å². The fourth-order valence-electron chi connectivity index (χ4n) is 0.776. The zero-order chi connectivity index (χ0) is 8.97. The molecule has 0 aliphatic heterocycles. The minimum absolute atomic E-state index is 0. The second-order valence-electron chi connectivity index (χ2n) is 2.27. The summed E-state index contributed by atoms with van der Waals surface area (Å²) in [7, 11) is 0. The molecule has 0 saturated heterocycles. The number of hydrogen-bond donors (Lipinski definition) is 1. The summed E-state index contributed by atoms with van der Waals surface area (Å²) in [6, 6.07) is 7.54. The number of benzene rings is 1. The van der Waals surface area contributed by atoms with Crippen LogP contribution >= 0.6 is 23.8 Å². The van der Waals surface area contributed by atoms with Gasteiger partial charge in [-0.3, -0.25) is 0 Å². The predicted molar refractivity (Wildman–Crippen MR) is 58.3 cm³/mol. The molecule has 0 spiro atoms. The van der Waals surface area contributed by atoms with E-state index in [1.807, 2.05) is 24.3 Å². The molecule has 0 radical (unpaired) electrons. The van der Waals surface area contributed by atoms with E-state index in [4.69, 9.17) is 36.4 Å². The number of hydrogen-bond acceptors (Lipinski definition) is 2. The summed E-state index contributed by atoms with van der Waals surface area (Å²) < 4.78 is 0.393. The van der Waals surface area contributed by atoms with Crippen molar-refractivity contribution in [2.75, 3.05) is 0 Å². The van der Waals surface area contributed by atoms with E-state index in [1.54, 1.807) is 0 Å². The van der Waals surface area contributed by atoms with Crippen molar-refractivity contribution in [2.45, 2.75) is 6.54 Å². The molecule has 1 aromatic carbocycles. The molecule has 0 saturated carbocycles. The molecule has 0 fully saturated rings. The molecule has 1 rings (SSSR count). The molecular formula is C8H7ClNNaS2. The van der Waals surface area contributed by atoms with Crippen LogP contribution in [0.15, 0.2) is 24.3 Å². The maximum absolute atomic E-state index is 5.71. The molecule has 0 atom stereocenters. The number of thiocarbonyl (C=S) groups is 1. The molecule has 1 aromatic rings. The smallest absolute Gasteiger partial charge is 0.412 e. The van der Waals surface area contributed by atoms with Crippen LogP contribution in [0.1, 0.15) is 5.56 Å². The Balaban J connectivity index is 0.00000144. The maximum atomic E-state index is 5.71. The molecular weight excluding hydrogens is 233 g/mol. The Labute approximate surface area is 116 Å². The molecule has 0 heterocycles. The van der Waals surface area contributed by atoms with Gasteiger partial charge in [0.2, 0.25) is 0 Å². The van der Waals surface area contributed by atoms with Crippen molar-refractivity contribution in [3.05, 3.63) is 34.9 Å². The summed E-state index contributed by atoms with van der Waals surface area (Å²) >= 11 is 15.1. The summed E-state index contributed by atoms with van der Waals surface area (Å²) in [5, 5.41) is 3.62. The van der Waals surface area contributed by atoms with Crippen LogP contribution in [-0.2, 0) is 19.2 Å². The molecule has 1 nitrogen and oxygen atoms in total. The van der Waals surface area contributed by atoms with Gasteiger partial charge in [0, 0.05) is 11.6 Å². The zero-order valence-corrected chi connectivity index (χ0v) is 11.6. The summed E-state index contributed by atoms with van der Waals surface area (Å²) in [5.74, 6) is 0. The van der Waals surface area contributed by atoms with Gasteiger partial charge in [-0.25, -0.2) is 0 Å². The van der Waals surface area contributed by atoms with Gasteiger partial charge in [-0.1, -0.05) is 28.1 Å². The minimum atomic E-state index is 0. The van der Waals surface area contributed by atoms with Crippen LogP contribution in [0.4, 0.5) is 0 Å². The van der Waals surface area contributed by atoms with E-state index < -0.39 is 0 Å². The fourth-order valence-corrected chi connectivity index (χ4v) is 1.05. The molecule has 1 N–H and O–H groups in total. The molecule has 0 unspecified atom stereocenters. The summed E-state index contributed by atoms with van der Waals surface area (Å²) in [6.45, 7) is 0.666. The normalized spacial score (nSPS) is 8.69. The van der Waals surface area contributed by atoms with E-state index in [2.05, 4.69) is 5.32 Å². The van der Waals surface area contributed by atoms with Gasteiger partial charge in [0.05, 0.1) is 0 Å². The van der Waals surface area contributed by atoms with Crippen LogP contribution in [-0.4, -0.2) is 4.32 Å². The van der Waals surface area contributed by atoms with Crippen molar-refractivity contribution in [3.63, 3.8) is 0 Å². The average Bonchev–Trinajstić information content (AvgIpc) is 2.03. The van der Waals surface area contributed by atoms with Crippen molar-refractivity contribution in [1.82, 2.24) is 5.32 Å². The quantitative estimate of drug-likeness (QED) is 0.415. The molecule has 13 heavy (non-hydrogen) atoms. The topological polar surface area (TPSA) is 12.0 Å². The van der Waals surface area contributed by atoms with Crippen LogP contribution in [0.5, 0.6) is 0 Å². The fraction of sp³-hybridized carbons (Fsp3) is 0.125. The van der Waals surface area contributed by atoms with E-state index in [0.29, 0.717) is 10.9 Å². The first kappa shape index (κ1) is 13.6. The van der Waals surface area contributed by atoms with Crippen LogP contribution in [0.3, 0.4) is 0 Å². The Morgan fingerprint density at radius 3 is 2.38 bits per heavy atom. The zero-order valence-electron chi connectivity index (χ0n) is 7.21. The van der Waals surface area contributed by atoms with Gasteiger partial charge in [-0.15, -0.1) is 0 Å². The van der Waals surface area contributed by atoms with E-state index >= 15 is 0 Å². The maximum Gasteiger partial charge on any atom is 1.00 e. The van der Waals surface area contributed by atoms with Gasteiger partial charge in [-0.2, -0.15) is 0 Å². The Morgan fingerprint density at radius 1 is 1.38 bits per heavy atom. The average molecular weight is 240 g/mol. The SMILES string of the molecule is S=C([S-])NCc1ccc(Cl)cc1.[Na+]. The first-order chi connectivity index (χ1) is 5.68. The van der Waals surface area contributed by atoms with E-state index in [0.717, 1.165) is 10.6 Å². The summed E-state index contributed by atoms with van der Waals surface area (Å²) in [4.78, 5) is 0. The van der Waals surface area contributed by atoms with E-state index in [9.17, 15) is 0 Å². The third-order valence-electron chi connectivity index (χ3n) is 1.35. The van der Waals surface area contributed by atoms with Gasteiger partial charge >= 0.3 is 29.6 Å². The Kier molecular flexibility index (Phi) is 7.32.